The molecule has 8 heteroatoms. The van der Waals surface area contributed by atoms with Crippen LogP contribution in [-0.4, -0.2) is 20.7 Å². The van der Waals surface area contributed by atoms with Gasteiger partial charge in [0.2, 0.25) is 4.73 Å². The Morgan fingerprint density at radius 2 is 1.70 bits per heavy atom. The minimum absolute atomic E-state index is 0.310. The van der Waals surface area contributed by atoms with Gasteiger partial charge in [-0.25, -0.2) is 9.07 Å². The van der Waals surface area contributed by atoms with Crippen LogP contribution in [0.15, 0.2) is 93.6 Å². The molecule has 1 aromatic heterocycles. The van der Waals surface area contributed by atoms with E-state index < -0.39 is 0 Å². The molecule has 4 aromatic rings. The van der Waals surface area contributed by atoms with E-state index >= 15 is 0 Å². The van der Waals surface area contributed by atoms with Crippen LogP contribution in [0.3, 0.4) is 0 Å². The van der Waals surface area contributed by atoms with Crippen molar-refractivity contribution in [2.45, 2.75) is 16.6 Å². The van der Waals surface area contributed by atoms with Crippen LogP contribution in [0.25, 0.3) is 0 Å². The van der Waals surface area contributed by atoms with Crippen LogP contribution >= 0.6 is 27.7 Å². The Morgan fingerprint density at radius 3 is 2.47 bits per heavy atom. The highest BCUT2D eigenvalue weighted by molar-refractivity contribution is 9.10. The predicted octanol–water partition coefficient (Wildman–Crippen LogP) is 5.63. The molecule has 0 bridgehead atoms. The summed E-state index contributed by atoms with van der Waals surface area (Å²) in [6, 6.07) is 22.9. The van der Waals surface area contributed by atoms with E-state index in [4.69, 9.17) is 0 Å². The lowest BCUT2D eigenvalue weighted by Gasteiger charge is -2.11. The number of anilines is 1. The number of nitrogens with one attached hydrogen (secondary N) is 1. The Hall–Kier alpha value is -2.97. The van der Waals surface area contributed by atoms with E-state index in [2.05, 4.69) is 31.3 Å². The molecule has 0 unspecified atom stereocenters. The lowest BCUT2D eigenvalue weighted by atomic mass is 10.2. The zero-order valence-corrected chi connectivity index (χ0v) is 18.0. The number of hydrogen-bond donors (Lipinski definition) is 1. The first kappa shape index (κ1) is 20.3. The van der Waals surface area contributed by atoms with Crippen molar-refractivity contribution in [3.63, 3.8) is 0 Å². The van der Waals surface area contributed by atoms with Crippen LogP contribution in [0.4, 0.5) is 10.1 Å². The number of hydrogen-bond acceptors (Lipinski definition) is 4. The fraction of sp³-hybridized carbons (Fsp3) is 0.0455. The van der Waals surface area contributed by atoms with Gasteiger partial charge in [0.25, 0.3) is 5.91 Å². The quantitative estimate of drug-likeness (QED) is 0.386. The molecular weight excluding hydrogens is 467 g/mol. The Bertz CT molecular complexity index is 1170. The smallest absolute Gasteiger partial charge is 0.255 e. The van der Waals surface area contributed by atoms with Gasteiger partial charge in [0.15, 0.2) is 5.16 Å². The minimum atomic E-state index is -0.383. The lowest BCUT2D eigenvalue weighted by molar-refractivity contribution is 0.102. The summed E-state index contributed by atoms with van der Waals surface area (Å²) in [5.74, 6) is -0.694. The van der Waals surface area contributed by atoms with Crippen molar-refractivity contribution in [3.8, 4) is 0 Å². The van der Waals surface area contributed by atoms with Crippen molar-refractivity contribution < 1.29 is 9.18 Å². The van der Waals surface area contributed by atoms with Crippen LogP contribution in [-0.2, 0) is 6.54 Å². The van der Waals surface area contributed by atoms with E-state index in [9.17, 15) is 9.18 Å². The molecule has 30 heavy (non-hydrogen) atoms. The molecule has 3 aromatic carbocycles. The van der Waals surface area contributed by atoms with Gasteiger partial charge in [-0.3, -0.25) is 4.79 Å². The first-order chi connectivity index (χ1) is 14.6. The van der Waals surface area contributed by atoms with Crippen LogP contribution in [0.5, 0.6) is 0 Å². The van der Waals surface area contributed by atoms with Gasteiger partial charge in [-0.15, -0.1) is 5.10 Å². The molecule has 150 valence electrons. The second-order valence-corrected chi connectivity index (χ2v) is 8.08. The molecule has 1 amide bonds. The lowest BCUT2D eigenvalue weighted by Crippen LogP contribution is -2.12. The molecule has 1 heterocycles. The van der Waals surface area contributed by atoms with Crippen LogP contribution in [0.1, 0.15) is 15.9 Å². The molecular formula is C22H16BrFN4OS. The summed E-state index contributed by atoms with van der Waals surface area (Å²) in [6.45, 7) is 0.575. The Balaban J connectivity index is 1.56. The molecule has 0 saturated heterocycles. The molecule has 5 nitrogen and oxygen atoms in total. The Morgan fingerprint density at radius 1 is 1.00 bits per heavy atom. The van der Waals surface area contributed by atoms with Crippen molar-refractivity contribution in [2.75, 3.05) is 5.32 Å². The van der Waals surface area contributed by atoms with Gasteiger partial charge in [-0.2, -0.15) is 4.98 Å². The number of para-hydroxylation sites is 1. The first-order valence-electron chi connectivity index (χ1n) is 9.06. The molecule has 0 aliphatic heterocycles. The summed E-state index contributed by atoms with van der Waals surface area (Å²) in [4.78, 5) is 17.8. The molecule has 0 aliphatic rings. The topological polar surface area (TPSA) is 59.8 Å². The molecule has 0 fully saturated rings. The van der Waals surface area contributed by atoms with E-state index in [1.165, 1.54) is 36.0 Å². The largest absolute Gasteiger partial charge is 0.321 e. The number of benzene rings is 3. The Labute approximate surface area is 185 Å². The molecule has 0 saturated carbocycles. The standard InChI is InChI=1S/C22H16BrFN4OS/c23-21-26-22(28(27-21)14-15-6-2-1-3-7-15)30-19-9-5-4-8-18(19)25-20(29)16-10-12-17(24)13-11-16/h1-13H,14H2,(H,25,29). The predicted molar refractivity (Wildman–Crippen MR) is 118 cm³/mol. The average molecular weight is 483 g/mol. The summed E-state index contributed by atoms with van der Waals surface area (Å²) < 4.78 is 15.4. The van der Waals surface area contributed by atoms with Gasteiger partial charge in [-0.1, -0.05) is 42.5 Å². The maximum absolute atomic E-state index is 13.1. The number of carbonyl (C=O) groups excluding carboxylic acids is 1. The number of nitrogens with zero attached hydrogens (tertiary/aromatic N) is 3. The summed E-state index contributed by atoms with van der Waals surface area (Å²) in [6.07, 6.45) is 0. The van der Waals surface area contributed by atoms with E-state index in [1.807, 2.05) is 59.3 Å². The Kier molecular flexibility index (Phi) is 6.25. The van der Waals surface area contributed by atoms with Gasteiger partial charge in [-0.05, 0) is 69.7 Å². The first-order valence-corrected chi connectivity index (χ1v) is 10.7. The van der Waals surface area contributed by atoms with Crippen molar-refractivity contribution in [1.29, 1.82) is 0 Å². The van der Waals surface area contributed by atoms with Crippen LogP contribution in [0, 0.1) is 5.82 Å². The normalized spacial score (nSPS) is 10.7. The van der Waals surface area contributed by atoms with Crippen molar-refractivity contribution in [2.24, 2.45) is 0 Å². The van der Waals surface area contributed by atoms with E-state index in [-0.39, 0.29) is 11.7 Å². The van der Waals surface area contributed by atoms with Gasteiger partial charge >= 0.3 is 0 Å². The monoisotopic (exact) mass is 482 g/mol. The number of amides is 1. The number of aromatic nitrogens is 3. The molecule has 0 spiro atoms. The highest BCUT2D eigenvalue weighted by Gasteiger charge is 2.15. The zero-order valence-electron chi connectivity index (χ0n) is 15.6. The summed E-state index contributed by atoms with van der Waals surface area (Å²) in [5.41, 5.74) is 2.13. The van der Waals surface area contributed by atoms with Gasteiger partial charge in [0.05, 0.1) is 12.2 Å². The van der Waals surface area contributed by atoms with Crippen molar-refractivity contribution in [3.05, 3.63) is 101 Å². The fourth-order valence-electron chi connectivity index (χ4n) is 2.79. The third kappa shape index (κ3) is 4.95. The number of rotatable bonds is 6. The highest BCUT2D eigenvalue weighted by Crippen LogP contribution is 2.33. The van der Waals surface area contributed by atoms with Gasteiger partial charge < -0.3 is 5.32 Å². The molecule has 0 radical (unpaired) electrons. The summed E-state index contributed by atoms with van der Waals surface area (Å²) in [5, 5.41) is 8.01. The van der Waals surface area contributed by atoms with E-state index in [0.29, 0.717) is 27.7 Å². The van der Waals surface area contributed by atoms with Crippen LogP contribution in [0.2, 0.25) is 0 Å². The van der Waals surface area contributed by atoms with Gasteiger partial charge in [0.1, 0.15) is 5.82 Å². The van der Waals surface area contributed by atoms with Crippen LogP contribution < -0.4 is 5.32 Å². The zero-order chi connectivity index (χ0) is 20.9. The van der Waals surface area contributed by atoms with Crippen molar-refractivity contribution >= 4 is 39.3 Å². The molecule has 0 atom stereocenters. The maximum atomic E-state index is 13.1. The number of halogens is 2. The third-order valence-electron chi connectivity index (χ3n) is 4.23. The minimum Gasteiger partial charge on any atom is -0.321 e. The fourth-order valence-corrected chi connectivity index (χ4v) is 4.18. The average Bonchev–Trinajstić information content (AvgIpc) is 3.09. The SMILES string of the molecule is O=C(Nc1ccccc1Sc1nc(Br)nn1Cc1ccccc1)c1ccc(F)cc1. The summed E-state index contributed by atoms with van der Waals surface area (Å²) >= 11 is 4.75. The second-order valence-electron chi connectivity index (χ2n) is 6.37. The summed E-state index contributed by atoms with van der Waals surface area (Å²) in [7, 11) is 0. The highest BCUT2D eigenvalue weighted by atomic mass is 79.9. The molecule has 4 rings (SSSR count). The maximum Gasteiger partial charge on any atom is 0.255 e. The third-order valence-corrected chi connectivity index (χ3v) is 5.63. The molecule has 1 N–H and O–H groups in total. The van der Waals surface area contributed by atoms with Crippen molar-refractivity contribution in [1.82, 2.24) is 14.8 Å². The molecule has 0 aliphatic carbocycles. The van der Waals surface area contributed by atoms with E-state index in [0.717, 1.165) is 10.5 Å². The van der Waals surface area contributed by atoms with E-state index in [1.54, 1.807) is 0 Å². The second kappa shape index (κ2) is 9.23. The van der Waals surface area contributed by atoms with Gasteiger partial charge in [0, 0.05) is 10.5 Å². The number of carbonyl (C=O) groups is 1.